The van der Waals surface area contributed by atoms with Gasteiger partial charge in [-0.15, -0.1) is 0 Å². The summed E-state index contributed by atoms with van der Waals surface area (Å²) in [6.07, 6.45) is 0.891. The first-order chi connectivity index (χ1) is 13.0. The van der Waals surface area contributed by atoms with E-state index in [0.29, 0.717) is 37.3 Å². The first kappa shape index (κ1) is 17.9. The van der Waals surface area contributed by atoms with Gasteiger partial charge in [0.15, 0.2) is 0 Å². The monoisotopic (exact) mass is 374 g/mol. The fraction of sp³-hybridized carbons (Fsp3) is 0.526. The van der Waals surface area contributed by atoms with Crippen molar-refractivity contribution in [1.29, 1.82) is 0 Å². The number of rotatable bonds is 2. The third kappa shape index (κ3) is 3.18. The number of nitrogens with zero attached hydrogens (tertiary/aromatic N) is 2. The molecule has 0 saturated carbocycles. The summed E-state index contributed by atoms with van der Waals surface area (Å²) in [7, 11) is 1.67. The maximum absolute atomic E-state index is 14.8. The van der Waals surface area contributed by atoms with Gasteiger partial charge in [-0.25, -0.2) is 4.39 Å². The number of nitrogens with one attached hydrogen (secondary N) is 2. The third-order valence-electron chi connectivity index (χ3n) is 5.82. The zero-order valence-corrected chi connectivity index (χ0v) is 15.3. The average molecular weight is 374 g/mol. The van der Waals surface area contributed by atoms with Gasteiger partial charge in [-0.05, 0) is 30.5 Å². The second-order valence-electron chi connectivity index (χ2n) is 7.43. The number of piperidine rings is 1. The Morgan fingerprint density at radius 1 is 1.07 bits per heavy atom. The predicted molar refractivity (Wildman–Crippen MR) is 98.0 cm³/mol. The van der Waals surface area contributed by atoms with E-state index in [1.165, 1.54) is 11.0 Å². The highest BCUT2D eigenvalue weighted by Gasteiger charge is 2.42. The number of hydrogen-bond donors (Lipinski definition) is 2. The van der Waals surface area contributed by atoms with Crippen LogP contribution in [0.2, 0.25) is 0 Å². The summed E-state index contributed by atoms with van der Waals surface area (Å²) in [4.78, 5) is 40.0. The number of piperazine rings is 1. The van der Waals surface area contributed by atoms with E-state index in [9.17, 15) is 18.8 Å². The molecule has 0 aromatic heterocycles. The summed E-state index contributed by atoms with van der Waals surface area (Å²) in [5, 5.41) is 5.56. The quantitative estimate of drug-likeness (QED) is 0.734. The van der Waals surface area contributed by atoms with Gasteiger partial charge in [0.1, 0.15) is 5.82 Å². The standard InChI is InChI=1S/C19H23FN4O3/c1-23-15-10-16(24-6-4-21-5-7-24)14(20)9-11(15)8-13(19(23)27)12-2-3-17(25)22-18(12)26/h9-10,12-13,21H,2-8H2,1H3,(H,22,25,26)/t12?,13-/m1/s1. The minimum absolute atomic E-state index is 0.158. The Morgan fingerprint density at radius 3 is 2.52 bits per heavy atom. The molecule has 0 radical (unpaired) electrons. The number of carbonyl (C=O) groups excluding carboxylic acids is 3. The smallest absolute Gasteiger partial charge is 0.230 e. The fourth-order valence-electron chi connectivity index (χ4n) is 4.32. The highest BCUT2D eigenvalue weighted by atomic mass is 19.1. The molecular weight excluding hydrogens is 351 g/mol. The molecule has 3 amide bonds. The molecule has 1 aromatic rings. The highest BCUT2D eigenvalue weighted by molar-refractivity contribution is 6.04. The first-order valence-electron chi connectivity index (χ1n) is 9.35. The van der Waals surface area contributed by atoms with Crippen molar-refractivity contribution in [2.24, 2.45) is 11.8 Å². The minimum Gasteiger partial charge on any atom is -0.367 e. The molecule has 2 N–H and O–H groups in total. The van der Waals surface area contributed by atoms with Crippen molar-refractivity contribution in [2.75, 3.05) is 43.0 Å². The van der Waals surface area contributed by atoms with Crippen molar-refractivity contribution < 1.29 is 18.8 Å². The number of hydrogen-bond acceptors (Lipinski definition) is 5. The van der Waals surface area contributed by atoms with E-state index >= 15 is 0 Å². The van der Waals surface area contributed by atoms with Crippen LogP contribution in [-0.4, -0.2) is 50.9 Å². The van der Waals surface area contributed by atoms with Crippen LogP contribution in [0.25, 0.3) is 0 Å². The predicted octanol–water partition coefficient (Wildman–Crippen LogP) is 0.423. The normalized spacial score (nSPS) is 26.1. The molecule has 27 heavy (non-hydrogen) atoms. The van der Waals surface area contributed by atoms with Crippen LogP contribution in [-0.2, 0) is 20.8 Å². The molecular formula is C19H23FN4O3. The van der Waals surface area contributed by atoms with Crippen molar-refractivity contribution in [1.82, 2.24) is 10.6 Å². The van der Waals surface area contributed by atoms with Gasteiger partial charge in [0.2, 0.25) is 17.7 Å². The Hall–Kier alpha value is -2.48. The van der Waals surface area contributed by atoms with Crippen molar-refractivity contribution in [3.05, 3.63) is 23.5 Å². The van der Waals surface area contributed by atoms with Gasteiger partial charge in [-0.1, -0.05) is 0 Å². The SMILES string of the molecule is CN1C(=O)[C@@H](C2CCC(=O)NC2=O)Cc2cc(F)c(N3CCNCC3)cc21. The lowest BCUT2D eigenvalue weighted by Crippen LogP contribution is -2.50. The third-order valence-corrected chi connectivity index (χ3v) is 5.82. The van der Waals surface area contributed by atoms with Gasteiger partial charge in [0, 0.05) is 45.3 Å². The van der Waals surface area contributed by atoms with Crippen LogP contribution >= 0.6 is 0 Å². The molecule has 3 heterocycles. The zero-order valence-electron chi connectivity index (χ0n) is 15.3. The van der Waals surface area contributed by atoms with Gasteiger partial charge in [-0.2, -0.15) is 0 Å². The van der Waals surface area contributed by atoms with E-state index in [2.05, 4.69) is 10.6 Å². The summed E-state index contributed by atoms with van der Waals surface area (Å²) in [6, 6.07) is 3.24. The summed E-state index contributed by atoms with van der Waals surface area (Å²) >= 11 is 0. The van der Waals surface area contributed by atoms with E-state index in [-0.39, 0.29) is 24.1 Å². The van der Waals surface area contributed by atoms with Gasteiger partial charge in [0.05, 0.1) is 17.5 Å². The molecule has 0 spiro atoms. The van der Waals surface area contributed by atoms with Gasteiger partial charge >= 0.3 is 0 Å². The number of anilines is 2. The van der Waals surface area contributed by atoms with Crippen molar-refractivity contribution >= 4 is 29.1 Å². The summed E-state index contributed by atoms with van der Waals surface area (Å²) in [5.41, 5.74) is 1.93. The summed E-state index contributed by atoms with van der Waals surface area (Å²) in [5.74, 6) is -2.30. The van der Waals surface area contributed by atoms with E-state index in [1.807, 2.05) is 4.90 Å². The molecule has 1 aromatic carbocycles. The van der Waals surface area contributed by atoms with Crippen LogP contribution < -0.4 is 20.4 Å². The lowest BCUT2D eigenvalue weighted by molar-refractivity contribution is -0.141. The van der Waals surface area contributed by atoms with Gasteiger partial charge < -0.3 is 15.1 Å². The molecule has 3 aliphatic heterocycles. The molecule has 2 saturated heterocycles. The second kappa shape index (κ2) is 6.92. The minimum atomic E-state index is -0.569. The van der Waals surface area contributed by atoms with Crippen molar-refractivity contribution in [2.45, 2.75) is 19.3 Å². The summed E-state index contributed by atoms with van der Waals surface area (Å²) < 4.78 is 14.8. The largest absolute Gasteiger partial charge is 0.367 e. The molecule has 1 unspecified atom stereocenters. The van der Waals surface area contributed by atoms with Gasteiger partial charge in [-0.3, -0.25) is 19.7 Å². The maximum Gasteiger partial charge on any atom is 0.230 e. The van der Waals surface area contributed by atoms with E-state index in [0.717, 1.165) is 18.7 Å². The molecule has 3 aliphatic rings. The van der Waals surface area contributed by atoms with Crippen molar-refractivity contribution in [3.8, 4) is 0 Å². The number of benzene rings is 1. The van der Waals surface area contributed by atoms with Crippen molar-refractivity contribution in [3.63, 3.8) is 0 Å². The first-order valence-corrected chi connectivity index (χ1v) is 9.35. The van der Waals surface area contributed by atoms with Gasteiger partial charge in [0.25, 0.3) is 0 Å². The molecule has 0 aliphatic carbocycles. The van der Waals surface area contributed by atoms with E-state index < -0.39 is 17.7 Å². The Bertz CT molecular complexity index is 806. The second-order valence-corrected chi connectivity index (χ2v) is 7.43. The molecule has 0 bridgehead atoms. The fourth-order valence-corrected chi connectivity index (χ4v) is 4.32. The highest BCUT2D eigenvalue weighted by Crippen LogP contribution is 2.38. The van der Waals surface area contributed by atoms with Crippen LogP contribution in [0.15, 0.2) is 12.1 Å². The van der Waals surface area contributed by atoms with E-state index in [4.69, 9.17) is 0 Å². The topological polar surface area (TPSA) is 81.8 Å². The Kier molecular flexibility index (Phi) is 4.59. The number of amides is 3. The number of halogens is 1. The Labute approximate surface area is 156 Å². The number of carbonyl (C=O) groups is 3. The molecule has 2 atom stereocenters. The Balaban J connectivity index is 1.64. The number of imide groups is 1. The zero-order chi connectivity index (χ0) is 19.1. The Morgan fingerprint density at radius 2 is 1.81 bits per heavy atom. The summed E-state index contributed by atoms with van der Waals surface area (Å²) in [6.45, 7) is 3.02. The van der Waals surface area contributed by atoms with Crippen LogP contribution in [0.5, 0.6) is 0 Å². The maximum atomic E-state index is 14.8. The molecule has 8 heteroatoms. The molecule has 7 nitrogen and oxygen atoms in total. The van der Waals surface area contributed by atoms with E-state index in [1.54, 1.807) is 13.1 Å². The lowest BCUT2D eigenvalue weighted by atomic mass is 9.78. The van der Waals surface area contributed by atoms with Crippen LogP contribution in [0, 0.1) is 17.7 Å². The molecule has 144 valence electrons. The lowest BCUT2D eigenvalue weighted by Gasteiger charge is -2.37. The molecule has 4 rings (SSSR count). The average Bonchev–Trinajstić information content (AvgIpc) is 2.65. The molecule has 2 fully saturated rings. The van der Waals surface area contributed by atoms with Crippen LogP contribution in [0.4, 0.5) is 15.8 Å². The van der Waals surface area contributed by atoms with Crippen LogP contribution in [0.3, 0.4) is 0 Å². The van der Waals surface area contributed by atoms with Crippen LogP contribution in [0.1, 0.15) is 18.4 Å². The number of fused-ring (bicyclic) bond motifs is 1.